The molecule has 25 heavy (non-hydrogen) atoms. The van der Waals surface area contributed by atoms with Gasteiger partial charge in [0.05, 0.1) is 6.54 Å². The Hall–Kier alpha value is -2.28. The average Bonchev–Trinajstić information content (AvgIpc) is 3.36. The van der Waals surface area contributed by atoms with Gasteiger partial charge in [0.25, 0.3) is 0 Å². The van der Waals surface area contributed by atoms with Crippen LogP contribution in [0.15, 0.2) is 29.0 Å². The van der Waals surface area contributed by atoms with E-state index in [2.05, 4.69) is 20.0 Å². The molecule has 1 amide bonds. The van der Waals surface area contributed by atoms with Gasteiger partial charge in [-0.3, -0.25) is 14.7 Å². The molecule has 2 aromatic rings. The second-order valence-corrected chi connectivity index (χ2v) is 6.86. The molecule has 4 heterocycles. The highest BCUT2D eigenvalue weighted by atomic mass is 16.5. The summed E-state index contributed by atoms with van der Waals surface area (Å²) in [6.07, 6.45) is 7.92. The van der Waals surface area contributed by atoms with Crippen LogP contribution in [0, 0.1) is 0 Å². The van der Waals surface area contributed by atoms with Gasteiger partial charge in [-0.2, -0.15) is 4.98 Å². The molecular weight excluding hydrogens is 318 g/mol. The first-order valence-electron chi connectivity index (χ1n) is 8.96. The van der Waals surface area contributed by atoms with Gasteiger partial charge >= 0.3 is 0 Å². The Kier molecular flexibility index (Phi) is 4.48. The molecule has 2 aliphatic heterocycles. The summed E-state index contributed by atoms with van der Waals surface area (Å²) in [7, 11) is 0. The van der Waals surface area contributed by atoms with Crippen molar-refractivity contribution in [1.29, 1.82) is 0 Å². The van der Waals surface area contributed by atoms with E-state index in [4.69, 9.17) is 4.52 Å². The van der Waals surface area contributed by atoms with Crippen LogP contribution in [0.5, 0.6) is 0 Å². The number of aromatic nitrogens is 3. The minimum atomic E-state index is 0.186. The molecule has 2 saturated heterocycles. The van der Waals surface area contributed by atoms with Gasteiger partial charge < -0.3 is 9.42 Å². The van der Waals surface area contributed by atoms with Gasteiger partial charge in [0.2, 0.25) is 17.6 Å². The van der Waals surface area contributed by atoms with Crippen LogP contribution in [0.3, 0.4) is 0 Å². The van der Waals surface area contributed by atoms with E-state index in [1.54, 1.807) is 19.3 Å². The van der Waals surface area contributed by atoms with Crippen molar-refractivity contribution in [2.75, 3.05) is 13.1 Å². The molecule has 0 saturated carbocycles. The topological polar surface area (TPSA) is 75.4 Å². The highest BCUT2D eigenvalue weighted by molar-refractivity contribution is 5.74. The summed E-state index contributed by atoms with van der Waals surface area (Å²) in [5, 5.41) is 4.08. The van der Waals surface area contributed by atoms with Crippen molar-refractivity contribution in [1.82, 2.24) is 24.9 Å². The molecule has 0 bridgehead atoms. The fourth-order valence-corrected chi connectivity index (χ4v) is 4.17. The van der Waals surface area contributed by atoms with E-state index < -0.39 is 0 Å². The zero-order valence-electron chi connectivity index (χ0n) is 14.5. The first-order valence-corrected chi connectivity index (χ1v) is 8.96. The minimum Gasteiger partial charge on any atom is -0.338 e. The van der Waals surface area contributed by atoms with Gasteiger partial charge in [0, 0.05) is 43.5 Å². The van der Waals surface area contributed by atoms with Crippen LogP contribution >= 0.6 is 0 Å². The van der Waals surface area contributed by atoms with Crippen molar-refractivity contribution in [3.05, 3.63) is 30.4 Å². The standard InChI is InChI=1S/C18H23N5O2/c1-13(24)23-10-4-7-16(23)15-6-3-9-22(15)12-17-20-18(21-25-17)14-5-2-8-19-11-14/h2,5,8,11,15-16H,3-4,6-7,9-10,12H2,1H3/t15-,16-/m0/s1. The Morgan fingerprint density at radius 3 is 2.92 bits per heavy atom. The Morgan fingerprint density at radius 2 is 2.12 bits per heavy atom. The van der Waals surface area contributed by atoms with Crippen LogP contribution in [0.1, 0.15) is 38.5 Å². The Labute approximate surface area is 147 Å². The molecule has 132 valence electrons. The summed E-state index contributed by atoms with van der Waals surface area (Å²) in [6, 6.07) is 4.49. The lowest BCUT2D eigenvalue weighted by Crippen LogP contribution is -2.47. The molecule has 4 rings (SSSR count). The third-order valence-electron chi connectivity index (χ3n) is 5.29. The smallest absolute Gasteiger partial charge is 0.241 e. The molecule has 0 N–H and O–H groups in total. The first-order chi connectivity index (χ1) is 12.2. The molecule has 2 atom stereocenters. The predicted molar refractivity (Wildman–Crippen MR) is 91.4 cm³/mol. The largest absolute Gasteiger partial charge is 0.338 e. The second kappa shape index (κ2) is 6.92. The van der Waals surface area contributed by atoms with E-state index in [0.29, 0.717) is 30.3 Å². The molecule has 0 radical (unpaired) electrons. The number of hydrogen-bond donors (Lipinski definition) is 0. The number of carbonyl (C=O) groups excluding carboxylic acids is 1. The van der Waals surface area contributed by atoms with Crippen molar-refractivity contribution in [3.8, 4) is 11.4 Å². The lowest BCUT2D eigenvalue weighted by atomic mass is 10.0. The van der Waals surface area contributed by atoms with Gasteiger partial charge in [-0.25, -0.2) is 0 Å². The van der Waals surface area contributed by atoms with E-state index in [1.165, 1.54) is 0 Å². The SMILES string of the molecule is CC(=O)N1CCC[C@H]1[C@@H]1CCCN1Cc1nc(-c2cccnc2)no1. The predicted octanol–water partition coefficient (Wildman–Crippen LogP) is 2.11. The number of likely N-dealkylation sites (tertiary alicyclic amines) is 2. The number of carbonyl (C=O) groups is 1. The van der Waals surface area contributed by atoms with Crippen LogP contribution in [-0.4, -0.2) is 56.0 Å². The molecule has 0 unspecified atom stereocenters. The summed E-state index contributed by atoms with van der Waals surface area (Å²) in [5.41, 5.74) is 0.856. The van der Waals surface area contributed by atoms with E-state index in [9.17, 15) is 4.79 Å². The van der Waals surface area contributed by atoms with E-state index in [0.717, 1.165) is 44.3 Å². The van der Waals surface area contributed by atoms with Crippen LogP contribution in [0.4, 0.5) is 0 Å². The second-order valence-electron chi connectivity index (χ2n) is 6.86. The molecule has 2 aromatic heterocycles. The number of amides is 1. The number of nitrogens with zero attached hydrogens (tertiary/aromatic N) is 5. The highest BCUT2D eigenvalue weighted by Crippen LogP contribution is 2.31. The number of hydrogen-bond acceptors (Lipinski definition) is 6. The third-order valence-corrected chi connectivity index (χ3v) is 5.29. The lowest BCUT2D eigenvalue weighted by molar-refractivity contribution is -0.130. The fourth-order valence-electron chi connectivity index (χ4n) is 4.17. The van der Waals surface area contributed by atoms with Crippen molar-refractivity contribution in [2.45, 2.75) is 51.2 Å². The van der Waals surface area contributed by atoms with Gasteiger partial charge in [-0.05, 0) is 44.4 Å². The fraction of sp³-hybridized carbons (Fsp3) is 0.556. The van der Waals surface area contributed by atoms with Crippen LogP contribution in [-0.2, 0) is 11.3 Å². The summed E-state index contributed by atoms with van der Waals surface area (Å²) in [6.45, 7) is 4.21. The van der Waals surface area contributed by atoms with E-state index in [-0.39, 0.29) is 5.91 Å². The maximum Gasteiger partial charge on any atom is 0.241 e. The van der Waals surface area contributed by atoms with Crippen molar-refractivity contribution >= 4 is 5.91 Å². The van der Waals surface area contributed by atoms with Gasteiger partial charge in [-0.15, -0.1) is 0 Å². The Morgan fingerprint density at radius 1 is 1.28 bits per heavy atom. The molecule has 2 fully saturated rings. The van der Waals surface area contributed by atoms with Crippen LogP contribution in [0.2, 0.25) is 0 Å². The average molecular weight is 341 g/mol. The molecule has 2 aliphatic rings. The first kappa shape index (κ1) is 16.2. The van der Waals surface area contributed by atoms with Crippen molar-refractivity contribution in [3.63, 3.8) is 0 Å². The Bertz CT molecular complexity index is 732. The van der Waals surface area contributed by atoms with Gasteiger partial charge in [0.1, 0.15) is 0 Å². The van der Waals surface area contributed by atoms with Crippen molar-refractivity contribution < 1.29 is 9.32 Å². The van der Waals surface area contributed by atoms with Gasteiger partial charge in [-0.1, -0.05) is 5.16 Å². The summed E-state index contributed by atoms with van der Waals surface area (Å²) < 4.78 is 5.46. The minimum absolute atomic E-state index is 0.186. The van der Waals surface area contributed by atoms with E-state index in [1.807, 2.05) is 17.0 Å². The monoisotopic (exact) mass is 341 g/mol. The van der Waals surface area contributed by atoms with E-state index >= 15 is 0 Å². The molecule has 0 aromatic carbocycles. The zero-order valence-corrected chi connectivity index (χ0v) is 14.5. The quantitative estimate of drug-likeness (QED) is 0.848. The zero-order chi connectivity index (χ0) is 17.2. The highest BCUT2D eigenvalue weighted by Gasteiger charge is 2.39. The molecule has 7 heteroatoms. The number of pyridine rings is 1. The Balaban J connectivity index is 1.47. The van der Waals surface area contributed by atoms with Gasteiger partial charge in [0.15, 0.2) is 0 Å². The van der Waals surface area contributed by atoms with Crippen molar-refractivity contribution in [2.24, 2.45) is 0 Å². The third kappa shape index (κ3) is 3.28. The maximum absolute atomic E-state index is 11.9. The normalized spacial score (nSPS) is 24.1. The van der Waals surface area contributed by atoms with Crippen LogP contribution < -0.4 is 0 Å². The maximum atomic E-state index is 11.9. The number of rotatable bonds is 4. The molecule has 0 spiro atoms. The lowest BCUT2D eigenvalue weighted by Gasteiger charge is -2.33. The molecule has 7 nitrogen and oxygen atoms in total. The summed E-state index contributed by atoms with van der Waals surface area (Å²) >= 11 is 0. The molecule has 0 aliphatic carbocycles. The van der Waals surface area contributed by atoms with Crippen LogP contribution in [0.25, 0.3) is 11.4 Å². The molecular formula is C18H23N5O2. The summed E-state index contributed by atoms with van der Waals surface area (Å²) in [5.74, 6) is 1.38. The summed E-state index contributed by atoms with van der Waals surface area (Å²) in [4.78, 5) is 24.9.